The molecule has 0 radical (unpaired) electrons. The van der Waals surface area contributed by atoms with E-state index in [2.05, 4.69) is 55.9 Å². The molecule has 0 unspecified atom stereocenters. The van der Waals surface area contributed by atoms with Crippen LogP contribution in [0.25, 0.3) is 0 Å². The van der Waals surface area contributed by atoms with Gasteiger partial charge in [0.05, 0.1) is 24.5 Å². The van der Waals surface area contributed by atoms with Crippen molar-refractivity contribution in [3.63, 3.8) is 0 Å². The van der Waals surface area contributed by atoms with Gasteiger partial charge in [-0.1, -0.05) is 0 Å². The molecule has 0 aromatic carbocycles. The van der Waals surface area contributed by atoms with Crippen LogP contribution in [0, 0.1) is 13.8 Å². The molecule has 136 valence electrons. The second-order valence-corrected chi connectivity index (χ2v) is 7.97. The number of nitrogens with zero attached hydrogens (tertiary/aromatic N) is 6. The third-order valence-corrected chi connectivity index (χ3v) is 5.73. The van der Waals surface area contributed by atoms with E-state index in [0.29, 0.717) is 0 Å². The Balaban J connectivity index is 1.43. The molecule has 7 heteroatoms. The molecule has 3 aromatic heterocycles. The minimum atomic E-state index is 0.810. The van der Waals surface area contributed by atoms with Crippen LogP contribution < -0.4 is 4.90 Å². The summed E-state index contributed by atoms with van der Waals surface area (Å²) in [4.78, 5) is 15.0. The van der Waals surface area contributed by atoms with Gasteiger partial charge < -0.3 is 4.90 Å². The summed E-state index contributed by atoms with van der Waals surface area (Å²) in [5.74, 6) is 0.810. The number of fused-ring (bicyclic) bond motifs is 1. The zero-order valence-corrected chi connectivity index (χ0v) is 16.3. The molecule has 0 saturated heterocycles. The van der Waals surface area contributed by atoms with Crippen molar-refractivity contribution >= 4 is 17.3 Å². The smallest absolute Gasteiger partial charge is 0.225 e. The highest BCUT2D eigenvalue weighted by molar-refractivity contribution is 7.10. The molecule has 4 heterocycles. The maximum Gasteiger partial charge on any atom is 0.225 e. The van der Waals surface area contributed by atoms with Gasteiger partial charge in [0.25, 0.3) is 0 Å². The summed E-state index contributed by atoms with van der Waals surface area (Å²) in [7, 11) is 2.16. The molecule has 6 nitrogen and oxygen atoms in total. The van der Waals surface area contributed by atoms with Crippen LogP contribution >= 0.6 is 11.3 Å². The summed E-state index contributed by atoms with van der Waals surface area (Å²) < 4.78 is 2.13. The lowest BCUT2D eigenvalue weighted by atomic mass is 10.2. The molecule has 0 saturated carbocycles. The lowest BCUT2D eigenvalue weighted by molar-refractivity contribution is 0.315. The van der Waals surface area contributed by atoms with Gasteiger partial charge in [0.15, 0.2) is 0 Å². The number of hydrogen-bond donors (Lipinski definition) is 0. The Kier molecular flexibility index (Phi) is 4.74. The van der Waals surface area contributed by atoms with Crippen LogP contribution in [-0.2, 0) is 26.2 Å². The predicted octanol–water partition coefficient (Wildman–Crippen LogP) is 3.00. The number of thiophene rings is 1. The number of rotatable bonds is 5. The molecule has 0 bridgehead atoms. The summed E-state index contributed by atoms with van der Waals surface area (Å²) in [6.45, 7) is 8.58. The Bertz CT molecular complexity index is 899. The third kappa shape index (κ3) is 3.64. The summed E-state index contributed by atoms with van der Waals surface area (Å²) in [6.07, 6.45) is 1.83. The van der Waals surface area contributed by atoms with E-state index in [0.717, 1.165) is 50.1 Å². The maximum atomic E-state index is 4.80. The first-order valence-corrected chi connectivity index (χ1v) is 9.78. The van der Waals surface area contributed by atoms with Crippen LogP contribution in [-0.4, -0.2) is 38.2 Å². The van der Waals surface area contributed by atoms with Crippen LogP contribution in [0.1, 0.15) is 27.5 Å². The molecule has 26 heavy (non-hydrogen) atoms. The Morgan fingerprint density at radius 2 is 2.08 bits per heavy atom. The highest BCUT2D eigenvalue weighted by atomic mass is 32.1. The number of hydrogen-bond acceptors (Lipinski definition) is 6. The van der Waals surface area contributed by atoms with Gasteiger partial charge in [-0.05, 0) is 50.0 Å². The Hall–Kier alpha value is -2.25. The molecule has 0 amide bonds. The second-order valence-electron chi connectivity index (χ2n) is 6.97. The minimum Gasteiger partial charge on any atom is -0.333 e. The first kappa shape index (κ1) is 17.2. The third-order valence-electron chi connectivity index (χ3n) is 4.73. The van der Waals surface area contributed by atoms with Crippen molar-refractivity contribution in [2.45, 2.75) is 40.0 Å². The molecular weight excluding hydrogens is 344 g/mol. The Labute approximate surface area is 158 Å². The van der Waals surface area contributed by atoms with Gasteiger partial charge in [-0.3, -0.25) is 9.58 Å². The highest BCUT2D eigenvalue weighted by Crippen LogP contribution is 2.21. The molecule has 0 N–H and O–H groups in total. The predicted molar refractivity (Wildman–Crippen MR) is 104 cm³/mol. The largest absolute Gasteiger partial charge is 0.333 e. The van der Waals surface area contributed by atoms with Crippen LogP contribution in [0.5, 0.6) is 0 Å². The van der Waals surface area contributed by atoms with E-state index < -0.39 is 0 Å². The first-order chi connectivity index (χ1) is 12.6. The van der Waals surface area contributed by atoms with Crippen molar-refractivity contribution in [1.29, 1.82) is 0 Å². The SMILES string of the molecule is Cc1ccnc(N2CCn3nc(CN(C)Cc4sccc4C)cc3C2)n1. The fourth-order valence-corrected chi connectivity index (χ4v) is 4.29. The molecule has 0 aliphatic carbocycles. The van der Waals surface area contributed by atoms with Gasteiger partial charge in [0.2, 0.25) is 5.95 Å². The Morgan fingerprint density at radius 1 is 1.19 bits per heavy atom. The monoisotopic (exact) mass is 368 g/mol. The highest BCUT2D eigenvalue weighted by Gasteiger charge is 2.21. The number of aromatic nitrogens is 4. The van der Waals surface area contributed by atoms with Crippen LogP contribution in [0.4, 0.5) is 5.95 Å². The topological polar surface area (TPSA) is 50.1 Å². The fraction of sp³-hybridized carbons (Fsp3) is 0.421. The summed E-state index contributed by atoms with van der Waals surface area (Å²) in [6, 6.07) is 6.34. The van der Waals surface area contributed by atoms with Gasteiger partial charge >= 0.3 is 0 Å². The molecule has 4 rings (SSSR count). The van der Waals surface area contributed by atoms with Crippen molar-refractivity contribution in [2.75, 3.05) is 18.5 Å². The first-order valence-electron chi connectivity index (χ1n) is 8.90. The molecule has 0 atom stereocenters. The van der Waals surface area contributed by atoms with E-state index in [9.17, 15) is 0 Å². The molecular formula is C19H24N6S. The zero-order chi connectivity index (χ0) is 18.1. The minimum absolute atomic E-state index is 0.810. The average molecular weight is 369 g/mol. The van der Waals surface area contributed by atoms with Crippen molar-refractivity contribution in [2.24, 2.45) is 0 Å². The molecule has 1 aliphatic heterocycles. The van der Waals surface area contributed by atoms with Crippen molar-refractivity contribution in [3.8, 4) is 0 Å². The summed E-state index contributed by atoms with van der Waals surface area (Å²) >= 11 is 1.83. The van der Waals surface area contributed by atoms with Crippen LogP contribution in [0.15, 0.2) is 29.8 Å². The van der Waals surface area contributed by atoms with Gasteiger partial charge in [-0.25, -0.2) is 9.97 Å². The molecule has 3 aromatic rings. The van der Waals surface area contributed by atoms with E-state index in [1.54, 1.807) is 0 Å². The maximum absolute atomic E-state index is 4.80. The van der Waals surface area contributed by atoms with E-state index in [4.69, 9.17) is 5.10 Å². The standard InChI is InChI=1S/C19H24N6S/c1-14-5-9-26-18(14)13-23(3)11-16-10-17-12-24(7-8-25(17)22-16)19-20-6-4-15(2)21-19/h4-6,9-10H,7-8,11-13H2,1-3H3. The van der Waals surface area contributed by atoms with Crippen LogP contribution in [0.3, 0.4) is 0 Å². The lowest BCUT2D eigenvalue weighted by Gasteiger charge is -2.27. The second kappa shape index (κ2) is 7.17. The molecule has 1 aliphatic rings. The van der Waals surface area contributed by atoms with Crippen LogP contribution in [0.2, 0.25) is 0 Å². The van der Waals surface area contributed by atoms with Gasteiger partial charge in [-0.15, -0.1) is 11.3 Å². The van der Waals surface area contributed by atoms with Crippen molar-refractivity contribution < 1.29 is 0 Å². The average Bonchev–Trinajstić information content (AvgIpc) is 3.19. The summed E-state index contributed by atoms with van der Waals surface area (Å²) in [5, 5.41) is 6.96. The van der Waals surface area contributed by atoms with Crippen molar-refractivity contribution in [3.05, 3.63) is 57.3 Å². The number of anilines is 1. The van der Waals surface area contributed by atoms with E-state index in [1.165, 1.54) is 16.1 Å². The normalized spacial score (nSPS) is 14.1. The van der Waals surface area contributed by atoms with E-state index >= 15 is 0 Å². The van der Waals surface area contributed by atoms with Gasteiger partial charge in [-0.2, -0.15) is 5.10 Å². The molecule has 0 spiro atoms. The zero-order valence-electron chi connectivity index (χ0n) is 15.5. The van der Waals surface area contributed by atoms with Gasteiger partial charge in [0, 0.05) is 36.4 Å². The molecule has 0 fully saturated rings. The van der Waals surface area contributed by atoms with E-state index in [-0.39, 0.29) is 0 Å². The quantitative estimate of drug-likeness (QED) is 0.693. The van der Waals surface area contributed by atoms with Gasteiger partial charge in [0.1, 0.15) is 0 Å². The Morgan fingerprint density at radius 3 is 2.85 bits per heavy atom. The van der Waals surface area contributed by atoms with Crippen molar-refractivity contribution in [1.82, 2.24) is 24.6 Å². The number of aryl methyl sites for hydroxylation is 2. The summed E-state index contributed by atoms with van der Waals surface area (Å²) in [5.41, 5.74) is 4.74. The fourth-order valence-electron chi connectivity index (χ4n) is 3.31. The van der Waals surface area contributed by atoms with E-state index in [1.807, 2.05) is 30.5 Å². The lowest BCUT2D eigenvalue weighted by Crippen LogP contribution is -2.35.